The Bertz CT molecular complexity index is 502. The van der Waals surface area contributed by atoms with E-state index in [9.17, 15) is 9.18 Å². The lowest BCUT2D eigenvalue weighted by molar-refractivity contribution is -0.131. The van der Waals surface area contributed by atoms with Crippen LogP contribution in [0.3, 0.4) is 0 Å². The fourth-order valence-corrected chi connectivity index (χ4v) is 2.93. The molecule has 1 aromatic rings. The van der Waals surface area contributed by atoms with Crippen LogP contribution >= 0.6 is 0 Å². The maximum atomic E-state index is 14.0. The molecule has 0 aromatic heterocycles. The van der Waals surface area contributed by atoms with Crippen molar-refractivity contribution in [2.45, 2.75) is 38.1 Å². The summed E-state index contributed by atoms with van der Waals surface area (Å²) in [5, 5.41) is 3.17. The molecule has 0 saturated carbocycles. The number of nitrogens with one attached hydrogen (secondary N) is 1. The molecular weight excluding hydrogens is 259 g/mol. The molecule has 2 heterocycles. The third kappa shape index (κ3) is 2.43. The van der Waals surface area contributed by atoms with Gasteiger partial charge in [0.2, 0.25) is 5.91 Å². The molecule has 3 unspecified atom stereocenters. The molecule has 2 aliphatic heterocycles. The molecule has 0 radical (unpaired) electrons. The van der Waals surface area contributed by atoms with Gasteiger partial charge in [0, 0.05) is 18.7 Å². The van der Waals surface area contributed by atoms with Gasteiger partial charge in [-0.1, -0.05) is 18.2 Å². The van der Waals surface area contributed by atoms with Crippen molar-refractivity contribution in [2.24, 2.45) is 0 Å². The van der Waals surface area contributed by atoms with Crippen LogP contribution < -0.4 is 5.32 Å². The second-order valence-corrected chi connectivity index (χ2v) is 5.44. The van der Waals surface area contributed by atoms with E-state index in [4.69, 9.17) is 4.74 Å². The molecule has 0 spiro atoms. The first-order valence-corrected chi connectivity index (χ1v) is 7.09. The molecule has 5 heteroatoms. The first-order chi connectivity index (χ1) is 9.66. The van der Waals surface area contributed by atoms with Gasteiger partial charge in [0.1, 0.15) is 12.0 Å². The highest BCUT2D eigenvalue weighted by molar-refractivity contribution is 5.84. The number of carbonyl (C=O) groups excluding carboxylic acids is 1. The van der Waals surface area contributed by atoms with Crippen LogP contribution in [0.4, 0.5) is 4.39 Å². The third-order valence-electron chi connectivity index (χ3n) is 4.00. The number of halogens is 1. The van der Waals surface area contributed by atoms with E-state index in [2.05, 4.69) is 5.32 Å². The Labute approximate surface area is 117 Å². The second kappa shape index (κ2) is 5.50. The SMILES string of the molecule is CC1NC(c2ccccc2F)N(CC2CCCO2)C1=O. The highest BCUT2D eigenvalue weighted by atomic mass is 19.1. The van der Waals surface area contributed by atoms with Gasteiger partial charge in [-0.2, -0.15) is 0 Å². The first-order valence-electron chi connectivity index (χ1n) is 7.09. The van der Waals surface area contributed by atoms with E-state index in [1.54, 1.807) is 23.1 Å². The third-order valence-corrected chi connectivity index (χ3v) is 4.00. The van der Waals surface area contributed by atoms with E-state index >= 15 is 0 Å². The zero-order chi connectivity index (χ0) is 14.1. The minimum Gasteiger partial charge on any atom is -0.376 e. The van der Waals surface area contributed by atoms with E-state index in [0.29, 0.717) is 12.1 Å². The summed E-state index contributed by atoms with van der Waals surface area (Å²) in [4.78, 5) is 14.0. The van der Waals surface area contributed by atoms with Gasteiger partial charge in [0.25, 0.3) is 0 Å². The van der Waals surface area contributed by atoms with Gasteiger partial charge in [0.15, 0.2) is 0 Å². The molecule has 2 fully saturated rings. The molecule has 2 aliphatic rings. The number of nitrogens with zero attached hydrogens (tertiary/aromatic N) is 1. The van der Waals surface area contributed by atoms with Crippen LogP contribution in [0.15, 0.2) is 24.3 Å². The smallest absolute Gasteiger partial charge is 0.241 e. The molecular formula is C15H19FN2O2. The molecule has 0 bridgehead atoms. The Morgan fingerprint density at radius 3 is 2.95 bits per heavy atom. The first kappa shape index (κ1) is 13.5. The average Bonchev–Trinajstić information content (AvgIpc) is 3.04. The molecule has 20 heavy (non-hydrogen) atoms. The number of rotatable bonds is 3. The second-order valence-electron chi connectivity index (χ2n) is 5.44. The monoisotopic (exact) mass is 278 g/mol. The summed E-state index contributed by atoms with van der Waals surface area (Å²) in [7, 11) is 0. The minimum atomic E-state index is -0.400. The van der Waals surface area contributed by atoms with Crippen LogP contribution in [0.2, 0.25) is 0 Å². The summed E-state index contributed by atoms with van der Waals surface area (Å²) >= 11 is 0. The number of ether oxygens (including phenoxy) is 1. The molecule has 1 amide bonds. The summed E-state index contributed by atoms with van der Waals surface area (Å²) in [6, 6.07) is 6.30. The van der Waals surface area contributed by atoms with Crippen molar-refractivity contribution in [3.05, 3.63) is 35.6 Å². The molecule has 4 nitrogen and oxygen atoms in total. The average molecular weight is 278 g/mol. The van der Waals surface area contributed by atoms with Crippen molar-refractivity contribution < 1.29 is 13.9 Å². The normalized spacial score (nSPS) is 30.2. The summed E-state index contributed by atoms with van der Waals surface area (Å²) in [5.41, 5.74) is 0.517. The summed E-state index contributed by atoms with van der Waals surface area (Å²) in [6.07, 6.45) is 1.66. The topological polar surface area (TPSA) is 41.6 Å². The lowest BCUT2D eigenvalue weighted by Crippen LogP contribution is -2.37. The Kier molecular flexibility index (Phi) is 3.72. The quantitative estimate of drug-likeness (QED) is 0.917. The predicted octanol–water partition coefficient (Wildman–Crippen LogP) is 1.82. The summed E-state index contributed by atoms with van der Waals surface area (Å²) < 4.78 is 19.6. The van der Waals surface area contributed by atoms with Gasteiger partial charge in [0.05, 0.1) is 12.1 Å². The van der Waals surface area contributed by atoms with Crippen LogP contribution in [-0.4, -0.2) is 36.1 Å². The molecule has 1 aromatic carbocycles. The van der Waals surface area contributed by atoms with E-state index in [1.807, 2.05) is 6.92 Å². The molecule has 108 valence electrons. The zero-order valence-corrected chi connectivity index (χ0v) is 11.5. The van der Waals surface area contributed by atoms with E-state index < -0.39 is 6.17 Å². The van der Waals surface area contributed by atoms with Gasteiger partial charge in [-0.3, -0.25) is 10.1 Å². The van der Waals surface area contributed by atoms with Gasteiger partial charge in [-0.15, -0.1) is 0 Å². The largest absolute Gasteiger partial charge is 0.376 e. The predicted molar refractivity (Wildman–Crippen MR) is 72.4 cm³/mol. The Morgan fingerprint density at radius 2 is 2.25 bits per heavy atom. The maximum Gasteiger partial charge on any atom is 0.241 e. The Balaban J connectivity index is 1.84. The standard InChI is InChI=1S/C15H19FN2O2/c1-10-15(19)18(9-11-5-4-8-20-11)14(17-10)12-6-2-3-7-13(12)16/h2-3,6-7,10-11,14,17H,4-5,8-9H2,1H3. The fourth-order valence-electron chi connectivity index (χ4n) is 2.93. The van der Waals surface area contributed by atoms with Gasteiger partial charge >= 0.3 is 0 Å². The maximum absolute atomic E-state index is 14.0. The molecule has 0 aliphatic carbocycles. The van der Waals surface area contributed by atoms with Gasteiger partial charge < -0.3 is 9.64 Å². The highest BCUT2D eigenvalue weighted by Gasteiger charge is 2.39. The summed E-state index contributed by atoms with van der Waals surface area (Å²) in [6.45, 7) is 3.08. The highest BCUT2D eigenvalue weighted by Crippen LogP contribution is 2.28. The number of hydrogen-bond acceptors (Lipinski definition) is 3. The van der Waals surface area contributed by atoms with Crippen molar-refractivity contribution >= 4 is 5.91 Å². The van der Waals surface area contributed by atoms with Crippen molar-refractivity contribution in [3.8, 4) is 0 Å². The Morgan fingerprint density at radius 1 is 1.45 bits per heavy atom. The van der Waals surface area contributed by atoms with Crippen molar-refractivity contribution in [2.75, 3.05) is 13.2 Å². The van der Waals surface area contributed by atoms with Crippen LogP contribution in [0, 0.1) is 5.82 Å². The molecule has 3 rings (SSSR count). The number of carbonyl (C=O) groups is 1. The lowest BCUT2D eigenvalue weighted by atomic mass is 10.1. The van der Waals surface area contributed by atoms with Crippen molar-refractivity contribution in [3.63, 3.8) is 0 Å². The number of benzene rings is 1. The van der Waals surface area contributed by atoms with Crippen molar-refractivity contribution in [1.29, 1.82) is 0 Å². The van der Waals surface area contributed by atoms with E-state index in [-0.39, 0.29) is 23.9 Å². The Hall–Kier alpha value is -1.46. The molecule has 1 N–H and O–H groups in total. The zero-order valence-electron chi connectivity index (χ0n) is 11.5. The molecule has 3 atom stereocenters. The van der Waals surface area contributed by atoms with E-state index in [1.165, 1.54) is 6.07 Å². The van der Waals surface area contributed by atoms with Crippen molar-refractivity contribution in [1.82, 2.24) is 10.2 Å². The summed E-state index contributed by atoms with van der Waals surface area (Å²) in [5.74, 6) is -0.280. The number of amides is 1. The van der Waals surface area contributed by atoms with Crippen LogP contribution in [0.5, 0.6) is 0 Å². The van der Waals surface area contributed by atoms with Gasteiger partial charge in [-0.25, -0.2) is 4.39 Å². The van der Waals surface area contributed by atoms with Crippen LogP contribution in [0.25, 0.3) is 0 Å². The van der Waals surface area contributed by atoms with Crippen LogP contribution in [-0.2, 0) is 9.53 Å². The van der Waals surface area contributed by atoms with Gasteiger partial charge in [-0.05, 0) is 25.8 Å². The minimum absolute atomic E-state index is 0.00810. The number of hydrogen-bond donors (Lipinski definition) is 1. The molecule has 2 saturated heterocycles. The fraction of sp³-hybridized carbons (Fsp3) is 0.533. The van der Waals surface area contributed by atoms with E-state index in [0.717, 1.165) is 19.4 Å². The lowest BCUT2D eigenvalue weighted by Gasteiger charge is -2.27. The van der Waals surface area contributed by atoms with Crippen LogP contribution in [0.1, 0.15) is 31.5 Å².